The zero-order valence-electron chi connectivity index (χ0n) is 4.72. The van der Waals surface area contributed by atoms with E-state index in [0.717, 1.165) is 5.88 Å². The Morgan fingerprint density at radius 2 is 2.29 bits per heavy atom. The average molecular weight is 137 g/mol. The van der Waals surface area contributed by atoms with Crippen molar-refractivity contribution >= 4 is 24.6 Å². The monoisotopic (exact) mass is 137 g/mol. The van der Waals surface area contributed by atoms with Crippen LogP contribution in [0.2, 0.25) is 0 Å². The molecule has 0 N–H and O–H groups in total. The van der Waals surface area contributed by atoms with Crippen LogP contribution in [0.5, 0.6) is 0 Å². The third kappa shape index (κ3) is 6.66. The van der Waals surface area contributed by atoms with E-state index in [-0.39, 0.29) is 0 Å². The Kier molecular flexibility index (Phi) is 5.26. The highest BCUT2D eigenvalue weighted by molar-refractivity contribution is 7.99. The van der Waals surface area contributed by atoms with Gasteiger partial charge in [-0.25, -0.2) is 4.31 Å². The van der Waals surface area contributed by atoms with Gasteiger partial charge < -0.3 is 0 Å². The maximum Gasteiger partial charge on any atom is 0.0541 e. The molecule has 0 amide bonds. The van der Waals surface area contributed by atoms with Gasteiger partial charge in [-0.05, 0) is 12.8 Å². The van der Waals surface area contributed by atoms with Crippen molar-refractivity contribution in [1.82, 2.24) is 4.31 Å². The number of hydrogen-bond donors (Lipinski definition) is 1. The van der Waals surface area contributed by atoms with E-state index in [1.165, 1.54) is 5.75 Å². The quantitative estimate of drug-likeness (QED) is 0.463. The number of thioether (sulfide) groups is 1. The minimum Gasteiger partial charge on any atom is -0.246 e. The molecule has 0 fully saturated rings. The predicted octanol–water partition coefficient (Wildman–Crippen LogP) is 1.47. The predicted molar refractivity (Wildman–Crippen MR) is 39.7 cm³/mol. The molecule has 0 radical (unpaired) electrons. The highest BCUT2D eigenvalue weighted by Gasteiger charge is 1.84. The van der Waals surface area contributed by atoms with Crippen LogP contribution < -0.4 is 0 Å². The van der Waals surface area contributed by atoms with E-state index in [1.807, 2.05) is 23.1 Å². The lowest BCUT2D eigenvalue weighted by Gasteiger charge is -2.03. The molecule has 0 saturated carbocycles. The standard InChI is InChI=1S/C4H11NS2/c1-3-7-4-5(2)6/h6H,3-4H2,1-2H3. The van der Waals surface area contributed by atoms with Crippen LogP contribution in [0.25, 0.3) is 0 Å². The second-order valence-corrected chi connectivity index (χ2v) is 3.21. The van der Waals surface area contributed by atoms with Crippen molar-refractivity contribution in [2.75, 3.05) is 18.7 Å². The van der Waals surface area contributed by atoms with Gasteiger partial charge in [-0.2, -0.15) is 0 Å². The normalized spacial score (nSPS) is 10.3. The second-order valence-electron chi connectivity index (χ2n) is 1.28. The minimum absolute atomic E-state index is 1.01. The Hall–Kier alpha value is 0.660. The Balaban J connectivity index is 2.68. The van der Waals surface area contributed by atoms with Gasteiger partial charge in [0.05, 0.1) is 5.88 Å². The molecule has 0 heterocycles. The van der Waals surface area contributed by atoms with Crippen molar-refractivity contribution in [1.29, 1.82) is 0 Å². The first kappa shape index (κ1) is 7.66. The minimum atomic E-state index is 1.01. The summed E-state index contributed by atoms with van der Waals surface area (Å²) in [5.74, 6) is 2.19. The van der Waals surface area contributed by atoms with Gasteiger partial charge in [-0.1, -0.05) is 19.7 Å². The van der Waals surface area contributed by atoms with Gasteiger partial charge in [0.1, 0.15) is 0 Å². The lowest BCUT2D eigenvalue weighted by Crippen LogP contribution is -2.02. The third-order valence-electron chi connectivity index (χ3n) is 0.482. The number of hydrogen-bond acceptors (Lipinski definition) is 3. The molecule has 0 bridgehead atoms. The lowest BCUT2D eigenvalue weighted by molar-refractivity contribution is 0.687. The van der Waals surface area contributed by atoms with E-state index < -0.39 is 0 Å². The Morgan fingerprint density at radius 1 is 1.71 bits per heavy atom. The van der Waals surface area contributed by atoms with Gasteiger partial charge in [0.15, 0.2) is 0 Å². The molecule has 3 heteroatoms. The van der Waals surface area contributed by atoms with Crippen LogP contribution in [0, 0.1) is 0 Å². The van der Waals surface area contributed by atoms with Gasteiger partial charge in [0.25, 0.3) is 0 Å². The molecule has 0 aromatic carbocycles. The Labute approximate surface area is 55.0 Å². The smallest absolute Gasteiger partial charge is 0.0541 e. The van der Waals surface area contributed by atoms with Crippen LogP contribution in [0.15, 0.2) is 0 Å². The van der Waals surface area contributed by atoms with Crippen LogP contribution in [-0.2, 0) is 0 Å². The van der Waals surface area contributed by atoms with Crippen molar-refractivity contribution in [2.45, 2.75) is 6.92 Å². The van der Waals surface area contributed by atoms with E-state index in [0.29, 0.717) is 0 Å². The van der Waals surface area contributed by atoms with Crippen LogP contribution in [0.1, 0.15) is 6.92 Å². The summed E-state index contributed by atoms with van der Waals surface area (Å²) in [4.78, 5) is 0. The lowest BCUT2D eigenvalue weighted by atomic mass is 11.0. The summed E-state index contributed by atoms with van der Waals surface area (Å²) in [5, 5.41) is 0. The van der Waals surface area contributed by atoms with E-state index in [9.17, 15) is 0 Å². The molecule has 0 aliphatic heterocycles. The molecule has 0 aromatic rings. The van der Waals surface area contributed by atoms with Crippen LogP contribution in [0.3, 0.4) is 0 Å². The molecule has 0 saturated heterocycles. The first-order valence-corrected chi connectivity index (χ1v) is 3.80. The highest BCUT2D eigenvalue weighted by atomic mass is 32.2. The SMILES string of the molecule is CCSCN(C)S. The first-order chi connectivity index (χ1) is 3.27. The maximum atomic E-state index is 4.04. The Morgan fingerprint density at radius 3 is 2.43 bits per heavy atom. The van der Waals surface area contributed by atoms with Gasteiger partial charge in [0.2, 0.25) is 0 Å². The van der Waals surface area contributed by atoms with Gasteiger partial charge >= 0.3 is 0 Å². The van der Waals surface area contributed by atoms with Crippen molar-refractivity contribution in [3.05, 3.63) is 0 Å². The number of thiol groups is 1. The largest absolute Gasteiger partial charge is 0.246 e. The molecule has 44 valence electrons. The zero-order chi connectivity index (χ0) is 5.70. The summed E-state index contributed by atoms with van der Waals surface area (Å²) in [6.07, 6.45) is 0. The molecule has 7 heavy (non-hydrogen) atoms. The fourth-order valence-electron chi connectivity index (χ4n) is 0.223. The van der Waals surface area contributed by atoms with Crippen molar-refractivity contribution in [2.24, 2.45) is 0 Å². The van der Waals surface area contributed by atoms with E-state index in [2.05, 4.69) is 19.7 Å². The maximum absolute atomic E-state index is 4.04. The van der Waals surface area contributed by atoms with Crippen molar-refractivity contribution in [3.8, 4) is 0 Å². The van der Waals surface area contributed by atoms with Gasteiger partial charge in [0, 0.05) is 0 Å². The van der Waals surface area contributed by atoms with E-state index in [1.54, 1.807) is 0 Å². The van der Waals surface area contributed by atoms with Gasteiger partial charge in [-0.3, -0.25) is 0 Å². The van der Waals surface area contributed by atoms with Gasteiger partial charge in [-0.15, -0.1) is 11.8 Å². The van der Waals surface area contributed by atoms with Crippen LogP contribution in [0.4, 0.5) is 0 Å². The molecule has 0 aromatic heterocycles. The summed E-state index contributed by atoms with van der Waals surface area (Å²) in [5.41, 5.74) is 0. The summed E-state index contributed by atoms with van der Waals surface area (Å²) < 4.78 is 1.87. The van der Waals surface area contributed by atoms with Crippen molar-refractivity contribution < 1.29 is 0 Å². The number of nitrogens with zero attached hydrogens (tertiary/aromatic N) is 1. The molecular weight excluding hydrogens is 126 g/mol. The molecule has 1 nitrogen and oxygen atoms in total. The molecule has 0 spiro atoms. The highest BCUT2D eigenvalue weighted by Crippen LogP contribution is 2.01. The topological polar surface area (TPSA) is 3.24 Å². The van der Waals surface area contributed by atoms with E-state index in [4.69, 9.17) is 0 Å². The Bertz CT molecular complexity index is 38.7. The number of rotatable bonds is 3. The van der Waals surface area contributed by atoms with E-state index >= 15 is 0 Å². The summed E-state index contributed by atoms with van der Waals surface area (Å²) in [6, 6.07) is 0. The first-order valence-electron chi connectivity index (χ1n) is 2.25. The summed E-state index contributed by atoms with van der Waals surface area (Å²) in [7, 11) is 1.95. The molecule has 0 atom stereocenters. The molecule has 0 aliphatic carbocycles. The summed E-state index contributed by atoms with van der Waals surface area (Å²) >= 11 is 5.91. The van der Waals surface area contributed by atoms with Crippen molar-refractivity contribution in [3.63, 3.8) is 0 Å². The molecule has 0 unspecified atom stereocenters. The zero-order valence-corrected chi connectivity index (χ0v) is 6.43. The average Bonchev–Trinajstić information content (AvgIpc) is 1.61. The molecular formula is C4H11NS2. The third-order valence-corrected chi connectivity index (χ3v) is 1.79. The van der Waals surface area contributed by atoms with Crippen LogP contribution >= 0.6 is 24.6 Å². The fourth-order valence-corrected chi connectivity index (χ4v) is 0.915. The summed E-state index contributed by atoms with van der Waals surface area (Å²) in [6.45, 7) is 2.14. The second kappa shape index (κ2) is 4.81. The molecule has 0 aliphatic rings. The molecule has 0 rings (SSSR count). The van der Waals surface area contributed by atoms with Crippen LogP contribution in [-0.4, -0.2) is 23.0 Å². The fraction of sp³-hybridized carbons (Fsp3) is 1.00.